The number of hydrogen-bond donors (Lipinski definition) is 2. The van der Waals surface area contributed by atoms with Gasteiger partial charge in [0.25, 0.3) is 0 Å². The van der Waals surface area contributed by atoms with E-state index in [4.69, 9.17) is 0 Å². The number of benzene rings is 2. The molecular formula is C21H27N3O3S. The first-order chi connectivity index (χ1) is 13.5. The predicted octanol–water partition coefficient (Wildman–Crippen LogP) is 3.47. The first-order valence-electron chi connectivity index (χ1n) is 9.72. The number of carbonyl (C=O) groups excluding carboxylic acids is 1. The fraction of sp³-hybridized carbons (Fsp3) is 0.381. The molecule has 0 saturated carbocycles. The van der Waals surface area contributed by atoms with Crippen molar-refractivity contribution in [2.45, 2.75) is 37.5 Å². The zero-order chi connectivity index (χ0) is 20.0. The van der Waals surface area contributed by atoms with Gasteiger partial charge in [0.2, 0.25) is 15.9 Å². The fourth-order valence-electron chi connectivity index (χ4n) is 3.23. The summed E-state index contributed by atoms with van der Waals surface area (Å²) in [4.78, 5) is 12.4. The average Bonchev–Trinajstić information content (AvgIpc) is 2.74. The molecule has 150 valence electrons. The topological polar surface area (TPSA) is 78.5 Å². The molecular weight excluding hydrogens is 374 g/mol. The van der Waals surface area contributed by atoms with Crippen LogP contribution in [0.4, 0.5) is 11.4 Å². The Kier molecular flexibility index (Phi) is 6.70. The van der Waals surface area contributed by atoms with E-state index in [9.17, 15) is 13.2 Å². The highest BCUT2D eigenvalue weighted by Crippen LogP contribution is 2.22. The van der Waals surface area contributed by atoms with Gasteiger partial charge in [-0.1, -0.05) is 31.5 Å². The van der Waals surface area contributed by atoms with Crippen molar-refractivity contribution in [1.82, 2.24) is 4.31 Å². The molecule has 2 aromatic rings. The number of carbonyl (C=O) groups is 1. The Bertz CT molecular complexity index is 905. The van der Waals surface area contributed by atoms with Crippen LogP contribution in [-0.4, -0.2) is 38.3 Å². The van der Waals surface area contributed by atoms with Crippen LogP contribution in [0.5, 0.6) is 0 Å². The summed E-state index contributed by atoms with van der Waals surface area (Å²) in [6.07, 6.45) is 3.82. The van der Waals surface area contributed by atoms with E-state index in [1.165, 1.54) is 5.56 Å². The van der Waals surface area contributed by atoms with E-state index in [0.29, 0.717) is 18.8 Å². The molecule has 0 radical (unpaired) electrons. The van der Waals surface area contributed by atoms with Crippen molar-refractivity contribution in [2.75, 3.05) is 30.3 Å². The van der Waals surface area contributed by atoms with E-state index in [1.807, 2.05) is 24.3 Å². The van der Waals surface area contributed by atoms with Crippen molar-refractivity contribution in [3.8, 4) is 0 Å². The SMILES string of the molecule is CCc1ccc(NC(=O)CNc2cccc(S(=O)(=O)N3CCCCC3)c2)cc1. The summed E-state index contributed by atoms with van der Waals surface area (Å²) < 4.78 is 27.1. The molecule has 1 saturated heterocycles. The van der Waals surface area contributed by atoms with Gasteiger partial charge in [0.1, 0.15) is 0 Å². The number of sulfonamides is 1. The molecule has 0 aliphatic carbocycles. The van der Waals surface area contributed by atoms with E-state index in [2.05, 4.69) is 17.6 Å². The van der Waals surface area contributed by atoms with Gasteiger partial charge in [-0.05, 0) is 55.2 Å². The number of anilines is 2. The second kappa shape index (κ2) is 9.21. The van der Waals surface area contributed by atoms with Gasteiger partial charge in [-0.25, -0.2) is 8.42 Å². The van der Waals surface area contributed by atoms with Crippen molar-refractivity contribution in [3.05, 3.63) is 54.1 Å². The first-order valence-corrected chi connectivity index (χ1v) is 11.2. The van der Waals surface area contributed by atoms with Crippen LogP contribution in [-0.2, 0) is 21.2 Å². The summed E-state index contributed by atoms with van der Waals surface area (Å²) in [5.41, 5.74) is 2.56. The Hall–Kier alpha value is -2.38. The molecule has 1 heterocycles. The second-order valence-electron chi connectivity index (χ2n) is 6.94. The van der Waals surface area contributed by atoms with Crippen LogP contribution in [0.2, 0.25) is 0 Å². The number of amides is 1. The number of nitrogens with one attached hydrogen (secondary N) is 2. The van der Waals surface area contributed by atoms with Crippen molar-refractivity contribution in [3.63, 3.8) is 0 Å². The largest absolute Gasteiger partial charge is 0.376 e. The Morgan fingerprint density at radius 2 is 1.71 bits per heavy atom. The summed E-state index contributed by atoms with van der Waals surface area (Å²) in [7, 11) is -3.49. The molecule has 0 atom stereocenters. The lowest BCUT2D eigenvalue weighted by Gasteiger charge is -2.26. The number of aryl methyl sites for hydroxylation is 1. The molecule has 6 nitrogen and oxygen atoms in total. The van der Waals surface area contributed by atoms with Crippen LogP contribution in [0.1, 0.15) is 31.7 Å². The molecule has 7 heteroatoms. The summed E-state index contributed by atoms with van der Waals surface area (Å²) in [6, 6.07) is 14.4. The lowest BCUT2D eigenvalue weighted by atomic mass is 10.1. The highest BCUT2D eigenvalue weighted by molar-refractivity contribution is 7.89. The molecule has 2 N–H and O–H groups in total. The molecule has 0 spiro atoms. The van der Waals surface area contributed by atoms with E-state index in [-0.39, 0.29) is 17.3 Å². The lowest BCUT2D eigenvalue weighted by Crippen LogP contribution is -2.35. The minimum Gasteiger partial charge on any atom is -0.376 e. The Morgan fingerprint density at radius 1 is 1.00 bits per heavy atom. The third-order valence-corrected chi connectivity index (χ3v) is 6.78. The Labute approximate surface area is 167 Å². The monoisotopic (exact) mass is 401 g/mol. The number of nitrogens with zero attached hydrogens (tertiary/aromatic N) is 1. The van der Waals surface area contributed by atoms with Gasteiger partial charge < -0.3 is 10.6 Å². The van der Waals surface area contributed by atoms with Crippen molar-refractivity contribution in [1.29, 1.82) is 0 Å². The molecule has 1 fully saturated rings. The van der Waals surface area contributed by atoms with Crippen molar-refractivity contribution < 1.29 is 13.2 Å². The Balaban J connectivity index is 1.60. The first kappa shape index (κ1) is 20.4. The molecule has 0 unspecified atom stereocenters. The summed E-state index contributed by atoms with van der Waals surface area (Å²) in [5.74, 6) is -0.187. The minimum atomic E-state index is -3.49. The molecule has 3 rings (SSSR count). The van der Waals surface area contributed by atoms with Crippen LogP contribution in [0.15, 0.2) is 53.4 Å². The normalized spacial score (nSPS) is 15.2. The van der Waals surface area contributed by atoms with E-state index in [1.54, 1.807) is 28.6 Å². The maximum atomic E-state index is 12.8. The standard InChI is InChI=1S/C21H27N3O3S/c1-2-17-9-11-18(12-10-17)23-21(25)16-22-19-7-6-8-20(15-19)28(26,27)24-13-4-3-5-14-24/h6-12,15,22H,2-5,13-14,16H2,1H3,(H,23,25). The minimum absolute atomic E-state index is 0.0583. The highest BCUT2D eigenvalue weighted by atomic mass is 32.2. The van der Waals surface area contributed by atoms with Crippen molar-refractivity contribution >= 4 is 27.3 Å². The fourth-order valence-corrected chi connectivity index (χ4v) is 4.80. The van der Waals surface area contributed by atoms with Gasteiger partial charge in [0, 0.05) is 24.5 Å². The van der Waals surface area contributed by atoms with Crippen LogP contribution >= 0.6 is 0 Å². The van der Waals surface area contributed by atoms with Crippen LogP contribution in [0.3, 0.4) is 0 Å². The molecule has 1 aliphatic heterocycles. The Morgan fingerprint density at radius 3 is 2.39 bits per heavy atom. The van der Waals surface area contributed by atoms with Crippen LogP contribution < -0.4 is 10.6 Å². The van der Waals surface area contributed by atoms with E-state index in [0.717, 1.165) is 31.4 Å². The van der Waals surface area contributed by atoms with Gasteiger partial charge in [-0.15, -0.1) is 0 Å². The van der Waals surface area contributed by atoms with Crippen molar-refractivity contribution in [2.24, 2.45) is 0 Å². The highest BCUT2D eigenvalue weighted by Gasteiger charge is 2.25. The zero-order valence-electron chi connectivity index (χ0n) is 16.1. The summed E-state index contributed by atoms with van der Waals surface area (Å²) in [5, 5.41) is 5.84. The maximum Gasteiger partial charge on any atom is 0.243 e. The van der Waals surface area contributed by atoms with Gasteiger partial charge in [-0.3, -0.25) is 4.79 Å². The van der Waals surface area contributed by atoms with Gasteiger partial charge in [0.15, 0.2) is 0 Å². The zero-order valence-corrected chi connectivity index (χ0v) is 17.0. The molecule has 0 bridgehead atoms. The van der Waals surface area contributed by atoms with E-state index < -0.39 is 10.0 Å². The third-order valence-electron chi connectivity index (χ3n) is 4.89. The number of rotatable bonds is 7. The quantitative estimate of drug-likeness (QED) is 0.745. The number of piperidine rings is 1. The smallest absolute Gasteiger partial charge is 0.243 e. The third kappa shape index (κ3) is 5.11. The van der Waals surface area contributed by atoms with Gasteiger partial charge in [-0.2, -0.15) is 4.31 Å². The van der Waals surface area contributed by atoms with Gasteiger partial charge in [0.05, 0.1) is 11.4 Å². The van der Waals surface area contributed by atoms with Crippen LogP contribution in [0, 0.1) is 0 Å². The second-order valence-corrected chi connectivity index (χ2v) is 8.88. The molecule has 28 heavy (non-hydrogen) atoms. The molecule has 2 aromatic carbocycles. The predicted molar refractivity (Wildman–Crippen MR) is 112 cm³/mol. The summed E-state index contributed by atoms with van der Waals surface area (Å²) in [6.45, 7) is 3.28. The molecule has 1 amide bonds. The lowest BCUT2D eigenvalue weighted by molar-refractivity contribution is -0.114. The van der Waals surface area contributed by atoms with E-state index >= 15 is 0 Å². The van der Waals surface area contributed by atoms with Crippen LogP contribution in [0.25, 0.3) is 0 Å². The number of hydrogen-bond acceptors (Lipinski definition) is 4. The summed E-state index contributed by atoms with van der Waals surface area (Å²) >= 11 is 0. The molecule has 1 aliphatic rings. The maximum absolute atomic E-state index is 12.8. The average molecular weight is 402 g/mol. The van der Waals surface area contributed by atoms with Gasteiger partial charge >= 0.3 is 0 Å². The molecule has 0 aromatic heterocycles.